The number of imidazole rings is 1. The average Bonchev–Trinajstić information content (AvgIpc) is 3.41. The molecule has 1 aliphatic rings. The fourth-order valence-electron chi connectivity index (χ4n) is 3.10. The molecule has 0 spiro atoms. The van der Waals surface area contributed by atoms with Crippen LogP contribution in [0.2, 0.25) is 0 Å². The summed E-state index contributed by atoms with van der Waals surface area (Å²) in [7, 11) is 1.58. The Kier molecular flexibility index (Phi) is 4.06. The third kappa shape index (κ3) is 3.00. The first kappa shape index (κ1) is 16.5. The zero-order valence-electron chi connectivity index (χ0n) is 15.1. The van der Waals surface area contributed by atoms with E-state index in [0.29, 0.717) is 23.1 Å². The van der Waals surface area contributed by atoms with Crippen molar-refractivity contribution in [2.45, 2.75) is 32.7 Å². The van der Waals surface area contributed by atoms with E-state index in [1.165, 1.54) is 12.8 Å². The van der Waals surface area contributed by atoms with Crippen molar-refractivity contribution in [3.05, 3.63) is 42.1 Å². The topological polar surface area (TPSA) is 81.4 Å². The lowest BCUT2D eigenvalue weighted by Crippen LogP contribution is -2.34. The van der Waals surface area contributed by atoms with Crippen LogP contribution in [0.1, 0.15) is 35.9 Å². The Hall–Kier alpha value is -2.96. The minimum atomic E-state index is -0.178. The second kappa shape index (κ2) is 6.40. The van der Waals surface area contributed by atoms with Crippen LogP contribution in [-0.4, -0.2) is 38.4 Å². The summed E-state index contributed by atoms with van der Waals surface area (Å²) >= 11 is 0. The van der Waals surface area contributed by atoms with Crippen LogP contribution in [0.25, 0.3) is 16.9 Å². The third-order valence-corrected chi connectivity index (χ3v) is 4.84. The molecule has 3 aromatic heterocycles. The molecule has 1 fully saturated rings. The summed E-state index contributed by atoms with van der Waals surface area (Å²) in [5, 5.41) is 3.05. The molecule has 0 saturated heterocycles. The molecule has 7 heteroatoms. The van der Waals surface area contributed by atoms with E-state index in [4.69, 9.17) is 4.74 Å². The van der Waals surface area contributed by atoms with Gasteiger partial charge in [0.15, 0.2) is 11.3 Å². The first-order valence-corrected chi connectivity index (χ1v) is 8.73. The van der Waals surface area contributed by atoms with E-state index in [1.807, 2.05) is 36.4 Å². The number of aromatic nitrogens is 4. The molecule has 0 bridgehead atoms. The summed E-state index contributed by atoms with van der Waals surface area (Å²) in [5.74, 6) is 0.928. The van der Waals surface area contributed by atoms with Crippen LogP contribution in [0.4, 0.5) is 0 Å². The first-order valence-electron chi connectivity index (χ1n) is 8.73. The van der Waals surface area contributed by atoms with Gasteiger partial charge in [0.25, 0.3) is 5.91 Å². The predicted octanol–water partition coefficient (Wildman–Crippen LogP) is 2.64. The Balaban J connectivity index is 1.73. The zero-order chi connectivity index (χ0) is 18.3. The lowest BCUT2D eigenvalue weighted by atomic mass is 10.1. The van der Waals surface area contributed by atoms with Gasteiger partial charge in [-0.2, -0.15) is 0 Å². The number of carbonyl (C=O) groups excluding carboxylic acids is 1. The summed E-state index contributed by atoms with van der Waals surface area (Å²) in [6.07, 6.45) is 5.68. The van der Waals surface area contributed by atoms with Crippen LogP contribution < -0.4 is 10.1 Å². The van der Waals surface area contributed by atoms with Crippen molar-refractivity contribution >= 4 is 11.6 Å². The molecule has 1 atom stereocenters. The van der Waals surface area contributed by atoms with Crippen molar-refractivity contribution < 1.29 is 9.53 Å². The van der Waals surface area contributed by atoms with Gasteiger partial charge in [-0.05, 0) is 44.7 Å². The largest absolute Gasteiger partial charge is 0.481 e. The van der Waals surface area contributed by atoms with Gasteiger partial charge < -0.3 is 10.1 Å². The number of amides is 1. The van der Waals surface area contributed by atoms with Gasteiger partial charge >= 0.3 is 0 Å². The van der Waals surface area contributed by atoms with Gasteiger partial charge in [0.1, 0.15) is 6.33 Å². The fourth-order valence-corrected chi connectivity index (χ4v) is 3.10. The van der Waals surface area contributed by atoms with Crippen LogP contribution in [-0.2, 0) is 0 Å². The molecule has 3 aromatic rings. The molecule has 1 amide bonds. The molecule has 26 heavy (non-hydrogen) atoms. The highest BCUT2D eigenvalue weighted by molar-refractivity contribution is 5.98. The van der Waals surface area contributed by atoms with E-state index in [1.54, 1.807) is 19.6 Å². The number of nitrogens with zero attached hydrogens (tertiary/aromatic N) is 4. The number of methoxy groups -OCH3 is 1. The monoisotopic (exact) mass is 351 g/mol. The van der Waals surface area contributed by atoms with E-state index in [0.717, 1.165) is 17.0 Å². The van der Waals surface area contributed by atoms with Crippen LogP contribution >= 0.6 is 0 Å². The second-order valence-electron chi connectivity index (χ2n) is 6.76. The number of pyridine rings is 1. The van der Waals surface area contributed by atoms with E-state index in [2.05, 4.69) is 20.3 Å². The molecule has 1 aliphatic carbocycles. The SMILES string of the molecule is COc1cc(-c2cc(C)n3cnc(C(=O)NC(C)C4CC4)c3n2)ccn1. The van der Waals surface area contributed by atoms with Crippen molar-refractivity contribution in [1.82, 2.24) is 24.7 Å². The number of hydrogen-bond donors (Lipinski definition) is 1. The van der Waals surface area contributed by atoms with Gasteiger partial charge in [-0.25, -0.2) is 15.0 Å². The average molecular weight is 351 g/mol. The predicted molar refractivity (Wildman–Crippen MR) is 97.2 cm³/mol. The van der Waals surface area contributed by atoms with Crippen LogP contribution in [0.15, 0.2) is 30.7 Å². The van der Waals surface area contributed by atoms with Crippen molar-refractivity contribution in [3.63, 3.8) is 0 Å². The number of ether oxygens (including phenoxy) is 1. The summed E-state index contributed by atoms with van der Waals surface area (Å²) in [5.41, 5.74) is 3.48. The maximum atomic E-state index is 12.7. The van der Waals surface area contributed by atoms with Gasteiger partial charge in [-0.1, -0.05) is 0 Å². The van der Waals surface area contributed by atoms with Gasteiger partial charge in [0.05, 0.1) is 12.8 Å². The molecule has 7 nitrogen and oxygen atoms in total. The highest BCUT2D eigenvalue weighted by Gasteiger charge is 2.30. The molecule has 0 aromatic carbocycles. The van der Waals surface area contributed by atoms with E-state index in [9.17, 15) is 4.79 Å². The maximum absolute atomic E-state index is 12.7. The molecular weight excluding hydrogens is 330 g/mol. The highest BCUT2D eigenvalue weighted by atomic mass is 16.5. The molecule has 1 N–H and O–H groups in total. The van der Waals surface area contributed by atoms with Gasteiger partial charge in [0, 0.05) is 29.6 Å². The van der Waals surface area contributed by atoms with Crippen LogP contribution in [0.3, 0.4) is 0 Å². The van der Waals surface area contributed by atoms with Crippen LogP contribution in [0.5, 0.6) is 5.88 Å². The standard InChI is InChI=1S/C19H21N5O2/c1-11-8-15(14-6-7-20-16(9-14)26-3)23-18-17(21-10-24(11)18)19(25)22-12(2)13-4-5-13/h6-10,12-13H,4-5H2,1-3H3,(H,22,25). The molecular formula is C19H21N5O2. The zero-order valence-corrected chi connectivity index (χ0v) is 15.1. The summed E-state index contributed by atoms with van der Waals surface area (Å²) in [6.45, 7) is 4.01. The van der Waals surface area contributed by atoms with Gasteiger partial charge in [-0.3, -0.25) is 9.20 Å². The minimum Gasteiger partial charge on any atom is -0.481 e. The summed E-state index contributed by atoms with van der Waals surface area (Å²) in [6, 6.07) is 5.81. The Labute approximate surface area is 151 Å². The Bertz CT molecular complexity index is 977. The Morgan fingerprint density at radius 1 is 1.35 bits per heavy atom. The lowest BCUT2D eigenvalue weighted by Gasteiger charge is -2.12. The van der Waals surface area contributed by atoms with Crippen molar-refractivity contribution in [1.29, 1.82) is 0 Å². The smallest absolute Gasteiger partial charge is 0.274 e. The van der Waals surface area contributed by atoms with Crippen molar-refractivity contribution in [2.24, 2.45) is 5.92 Å². The first-order chi connectivity index (χ1) is 12.6. The number of carbonyl (C=O) groups is 1. The number of nitrogens with one attached hydrogen (secondary N) is 1. The molecule has 4 rings (SSSR count). The fraction of sp³-hybridized carbons (Fsp3) is 0.368. The van der Waals surface area contributed by atoms with Crippen LogP contribution in [0, 0.1) is 12.8 Å². The number of aryl methyl sites for hydroxylation is 1. The molecule has 134 valence electrons. The summed E-state index contributed by atoms with van der Waals surface area (Å²) in [4.78, 5) is 25.8. The highest BCUT2D eigenvalue weighted by Crippen LogP contribution is 2.32. The Morgan fingerprint density at radius 2 is 2.15 bits per heavy atom. The third-order valence-electron chi connectivity index (χ3n) is 4.84. The molecule has 0 aliphatic heterocycles. The van der Waals surface area contributed by atoms with Crippen molar-refractivity contribution in [2.75, 3.05) is 7.11 Å². The van der Waals surface area contributed by atoms with Gasteiger partial charge in [0.2, 0.25) is 5.88 Å². The maximum Gasteiger partial charge on any atom is 0.274 e. The summed E-state index contributed by atoms with van der Waals surface area (Å²) < 4.78 is 7.02. The Morgan fingerprint density at radius 3 is 2.88 bits per heavy atom. The van der Waals surface area contributed by atoms with Crippen molar-refractivity contribution in [3.8, 4) is 17.1 Å². The molecule has 3 heterocycles. The molecule has 1 unspecified atom stereocenters. The second-order valence-corrected chi connectivity index (χ2v) is 6.76. The quantitative estimate of drug-likeness (QED) is 0.764. The molecule has 0 radical (unpaired) electrons. The number of hydrogen-bond acceptors (Lipinski definition) is 5. The van der Waals surface area contributed by atoms with Gasteiger partial charge in [-0.15, -0.1) is 0 Å². The van der Waals surface area contributed by atoms with E-state index in [-0.39, 0.29) is 11.9 Å². The lowest BCUT2D eigenvalue weighted by molar-refractivity contribution is 0.0933. The number of fused-ring (bicyclic) bond motifs is 1. The number of rotatable bonds is 5. The van der Waals surface area contributed by atoms with E-state index >= 15 is 0 Å². The normalized spacial score (nSPS) is 15.0. The van der Waals surface area contributed by atoms with E-state index < -0.39 is 0 Å². The minimum absolute atomic E-state index is 0.160. The molecule has 1 saturated carbocycles.